The van der Waals surface area contributed by atoms with Crippen molar-refractivity contribution < 1.29 is 39.4 Å². The van der Waals surface area contributed by atoms with E-state index in [4.69, 9.17) is 9.47 Å². The lowest BCUT2D eigenvalue weighted by molar-refractivity contribution is -0.420. The zero-order chi connectivity index (χ0) is 24.5. The average molecular weight is 541 g/mol. The van der Waals surface area contributed by atoms with Gasteiger partial charge in [-0.1, -0.05) is 15.9 Å². The summed E-state index contributed by atoms with van der Waals surface area (Å²) in [4.78, 5) is 8.20. The van der Waals surface area contributed by atoms with E-state index in [0.717, 1.165) is 0 Å². The van der Waals surface area contributed by atoms with Crippen LogP contribution in [0.15, 0.2) is 41.1 Å². The molecular weight excluding hydrogens is 519 g/mol. The first-order chi connectivity index (χ1) is 16.0. The molecule has 11 nitrogen and oxygen atoms in total. The molecule has 1 aromatic heterocycles. The number of aliphatic hydroxyl groups is 5. The summed E-state index contributed by atoms with van der Waals surface area (Å²) in [5, 5.41) is 55.4. The standard InChI is InChI=1S/C21H22BrFN4O7/c22-12-1-2-15(14(23)7-12)27-19-13-8-17(34-21(30,31)32)18(9-16(13)25-10-26-19)33-20(28,29)11-3-5-24-6-4-11/h1-2,7-11,24,28-32H,3-6H2,(H,25,26,27). The highest BCUT2D eigenvalue weighted by Crippen LogP contribution is 2.39. The molecule has 0 spiro atoms. The van der Waals surface area contributed by atoms with E-state index in [9.17, 15) is 29.9 Å². The van der Waals surface area contributed by atoms with E-state index in [2.05, 4.69) is 36.5 Å². The molecule has 0 saturated carbocycles. The molecule has 1 aliphatic rings. The number of anilines is 2. The molecule has 0 amide bonds. The number of ether oxygens (including phenoxy) is 2. The number of aromatic nitrogens is 2. The Hall–Kier alpha value is -2.65. The van der Waals surface area contributed by atoms with Gasteiger partial charge in [-0.15, -0.1) is 0 Å². The Morgan fingerprint density at radius 2 is 1.71 bits per heavy atom. The minimum atomic E-state index is -3.60. The lowest BCUT2D eigenvalue weighted by atomic mass is 9.95. The summed E-state index contributed by atoms with van der Waals surface area (Å²) in [7, 11) is 0. The SMILES string of the molecule is OC(O)(O)Oc1cc2c(Nc3ccc(Br)cc3F)ncnc2cc1OC(O)(O)C1CCNCC1. The van der Waals surface area contributed by atoms with Crippen LogP contribution in [0.25, 0.3) is 10.9 Å². The third-order valence-corrected chi connectivity index (χ3v) is 5.76. The van der Waals surface area contributed by atoms with Crippen LogP contribution in [-0.2, 0) is 0 Å². The van der Waals surface area contributed by atoms with Crippen LogP contribution < -0.4 is 20.1 Å². The fourth-order valence-corrected chi connectivity index (χ4v) is 3.97. The van der Waals surface area contributed by atoms with E-state index >= 15 is 0 Å². The third kappa shape index (κ3) is 5.70. The zero-order valence-corrected chi connectivity index (χ0v) is 19.2. The van der Waals surface area contributed by atoms with E-state index in [1.165, 1.54) is 30.6 Å². The lowest BCUT2D eigenvalue weighted by Gasteiger charge is -2.34. The summed E-state index contributed by atoms with van der Waals surface area (Å²) in [5.74, 6) is -4.51. The maximum atomic E-state index is 14.3. The number of hydrogen-bond donors (Lipinski definition) is 7. The van der Waals surface area contributed by atoms with Crippen molar-refractivity contribution in [3.8, 4) is 11.5 Å². The van der Waals surface area contributed by atoms with Gasteiger partial charge in [0.1, 0.15) is 18.0 Å². The van der Waals surface area contributed by atoms with Gasteiger partial charge >= 0.3 is 12.1 Å². The van der Waals surface area contributed by atoms with Crippen molar-refractivity contribution in [1.29, 1.82) is 0 Å². The summed E-state index contributed by atoms with van der Waals surface area (Å²) in [6.45, 7) is 1.11. The number of fused-ring (bicyclic) bond motifs is 1. The van der Waals surface area contributed by atoms with Gasteiger partial charge in [-0.3, -0.25) is 0 Å². The zero-order valence-electron chi connectivity index (χ0n) is 17.6. The van der Waals surface area contributed by atoms with Gasteiger partial charge in [0.25, 0.3) is 0 Å². The Balaban J connectivity index is 1.75. The van der Waals surface area contributed by atoms with Crippen molar-refractivity contribution >= 4 is 38.3 Å². The summed E-state index contributed by atoms with van der Waals surface area (Å²) >= 11 is 3.18. The second kappa shape index (κ2) is 9.54. The van der Waals surface area contributed by atoms with Crippen LogP contribution in [0.4, 0.5) is 15.9 Å². The summed E-state index contributed by atoms with van der Waals surface area (Å²) in [6.07, 6.45) is -1.58. The maximum Gasteiger partial charge on any atom is 0.453 e. The molecule has 1 saturated heterocycles. The molecule has 3 aromatic rings. The summed E-state index contributed by atoms with van der Waals surface area (Å²) in [5.41, 5.74) is 0.320. The first-order valence-corrected chi connectivity index (χ1v) is 11.0. The van der Waals surface area contributed by atoms with Gasteiger partial charge in [0, 0.05) is 15.9 Å². The van der Waals surface area contributed by atoms with Gasteiger partial charge in [0.2, 0.25) is 0 Å². The minimum Gasteiger partial charge on any atom is -0.435 e. The molecule has 0 unspecified atom stereocenters. The molecule has 0 aliphatic carbocycles. The normalized spacial score (nSPS) is 15.4. The van der Waals surface area contributed by atoms with Gasteiger partial charge in [0.05, 0.1) is 17.1 Å². The second-order valence-corrected chi connectivity index (χ2v) is 8.66. The van der Waals surface area contributed by atoms with E-state index in [1.54, 1.807) is 6.07 Å². The third-order valence-electron chi connectivity index (χ3n) is 5.26. The molecule has 0 atom stereocenters. The van der Waals surface area contributed by atoms with Crippen molar-refractivity contribution in [2.75, 3.05) is 18.4 Å². The molecule has 34 heavy (non-hydrogen) atoms. The Morgan fingerprint density at radius 3 is 2.38 bits per heavy atom. The first-order valence-electron chi connectivity index (χ1n) is 10.2. The number of piperidine rings is 1. The van der Waals surface area contributed by atoms with E-state index in [1.807, 2.05) is 0 Å². The van der Waals surface area contributed by atoms with Crippen LogP contribution in [0, 0.1) is 11.7 Å². The smallest absolute Gasteiger partial charge is 0.435 e. The van der Waals surface area contributed by atoms with Crippen LogP contribution >= 0.6 is 15.9 Å². The number of nitrogens with zero attached hydrogens (tertiary/aromatic N) is 2. The van der Waals surface area contributed by atoms with Crippen molar-refractivity contribution in [1.82, 2.24) is 15.3 Å². The van der Waals surface area contributed by atoms with Gasteiger partial charge in [0.15, 0.2) is 11.5 Å². The quantitative estimate of drug-likeness (QED) is 0.215. The predicted octanol–water partition coefficient (Wildman–Crippen LogP) is 1.26. The lowest BCUT2D eigenvalue weighted by Crippen LogP contribution is -2.48. The molecule has 2 aromatic carbocycles. The van der Waals surface area contributed by atoms with Crippen LogP contribution in [-0.4, -0.2) is 60.7 Å². The van der Waals surface area contributed by atoms with Crippen LogP contribution in [0.2, 0.25) is 0 Å². The predicted molar refractivity (Wildman–Crippen MR) is 120 cm³/mol. The van der Waals surface area contributed by atoms with E-state index in [0.29, 0.717) is 30.4 Å². The van der Waals surface area contributed by atoms with Crippen molar-refractivity contribution in [2.45, 2.75) is 25.0 Å². The molecule has 7 N–H and O–H groups in total. The molecule has 0 bridgehead atoms. The number of nitrogens with one attached hydrogen (secondary N) is 2. The molecule has 1 aliphatic heterocycles. The minimum absolute atomic E-state index is 0.0995. The number of benzene rings is 2. The van der Waals surface area contributed by atoms with Crippen molar-refractivity contribution in [2.24, 2.45) is 5.92 Å². The second-order valence-electron chi connectivity index (χ2n) is 7.75. The molecule has 0 radical (unpaired) electrons. The Kier molecular flexibility index (Phi) is 6.87. The molecule has 1 fully saturated rings. The number of hydrogen-bond acceptors (Lipinski definition) is 11. The van der Waals surface area contributed by atoms with Crippen molar-refractivity contribution in [3.05, 3.63) is 46.9 Å². The van der Waals surface area contributed by atoms with Crippen LogP contribution in [0.5, 0.6) is 11.5 Å². The Labute approximate surface area is 200 Å². The van der Waals surface area contributed by atoms with Crippen LogP contribution in [0.3, 0.4) is 0 Å². The fourth-order valence-electron chi connectivity index (χ4n) is 3.63. The summed E-state index contributed by atoms with van der Waals surface area (Å²) < 4.78 is 25.0. The van der Waals surface area contributed by atoms with Gasteiger partial charge in [-0.05, 0) is 50.2 Å². The monoisotopic (exact) mass is 540 g/mol. The molecule has 13 heteroatoms. The highest BCUT2D eigenvalue weighted by molar-refractivity contribution is 9.10. The van der Waals surface area contributed by atoms with Gasteiger partial charge < -0.3 is 45.6 Å². The highest BCUT2D eigenvalue weighted by atomic mass is 79.9. The molecule has 4 rings (SSSR count). The molecule has 182 valence electrons. The largest absolute Gasteiger partial charge is 0.453 e. The average Bonchev–Trinajstić information content (AvgIpc) is 2.76. The fraction of sp³-hybridized carbons (Fsp3) is 0.333. The molecular formula is C21H22BrFN4O7. The number of rotatable bonds is 7. The summed E-state index contributed by atoms with van der Waals surface area (Å²) in [6, 6.07) is 6.78. The van der Waals surface area contributed by atoms with Gasteiger partial charge in [-0.2, -0.15) is 0 Å². The first kappa shape index (κ1) is 24.5. The Bertz CT molecular complexity index is 1190. The van der Waals surface area contributed by atoms with E-state index in [-0.39, 0.29) is 28.2 Å². The Morgan fingerprint density at radius 1 is 1.00 bits per heavy atom. The van der Waals surface area contributed by atoms with Crippen LogP contribution in [0.1, 0.15) is 12.8 Å². The van der Waals surface area contributed by atoms with Crippen molar-refractivity contribution in [3.63, 3.8) is 0 Å². The highest BCUT2D eigenvalue weighted by Gasteiger charge is 2.39. The topological polar surface area (TPSA) is 169 Å². The van der Waals surface area contributed by atoms with E-state index < -0.39 is 29.6 Å². The number of halogens is 2. The maximum absolute atomic E-state index is 14.3. The molecule has 2 heterocycles. The van der Waals surface area contributed by atoms with Gasteiger partial charge in [-0.25, -0.2) is 14.4 Å².